The Morgan fingerprint density at radius 1 is 1.10 bits per heavy atom. The van der Waals surface area contributed by atoms with Crippen LogP contribution in [-0.2, 0) is 6.42 Å². The van der Waals surface area contributed by atoms with Crippen molar-refractivity contribution >= 4 is 32.3 Å². The van der Waals surface area contributed by atoms with Crippen LogP contribution in [0.4, 0.5) is 0 Å². The summed E-state index contributed by atoms with van der Waals surface area (Å²) in [4.78, 5) is 0. The first kappa shape index (κ1) is 13.3. The number of hydrogen-bond donors (Lipinski definition) is 0. The van der Waals surface area contributed by atoms with E-state index in [1.54, 1.807) is 0 Å². The Kier molecular flexibility index (Phi) is 3.46. The van der Waals surface area contributed by atoms with E-state index in [0.717, 1.165) is 11.8 Å². The van der Waals surface area contributed by atoms with Crippen LogP contribution in [0.5, 0.6) is 0 Å². The van der Waals surface area contributed by atoms with Gasteiger partial charge in [0.15, 0.2) is 0 Å². The molecule has 0 spiro atoms. The second-order valence-corrected chi connectivity index (χ2v) is 6.86. The summed E-state index contributed by atoms with van der Waals surface area (Å²) in [5.74, 6) is 0.577. The molecule has 0 heterocycles. The molecular weight excluding hydrogens is 320 g/mol. The molecule has 1 atom stereocenters. The molecule has 0 amide bonds. The average Bonchev–Trinajstić information content (AvgIpc) is 2.53. The average molecular weight is 339 g/mol. The number of unbranched alkanes of at least 4 members (excludes halogenated alkanes) is 1. The molecule has 2 aliphatic carbocycles. The van der Waals surface area contributed by atoms with E-state index >= 15 is 0 Å². The Hall–Kier alpha value is -1.34. The summed E-state index contributed by atoms with van der Waals surface area (Å²) in [6.45, 7) is 0. The fraction of sp³-hybridized carbons (Fsp3) is 0.300. The zero-order valence-corrected chi connectivity index (χ0v) is 13.7. The zero-order chi connectivity index (χ0) is 14.2. The smallest absolute Gasteiger partial charge is 0.00335 e. The van der Waals surface area contributed by atoms with Crippen LogP contribution in [0.2, 0.25) is 0 Å². The van der Waals surface area contributed by atoms with Gasteiger partial charge >= 0.3 is 0 Å². The maximum atomic E-state index is 3.55. The number of alkyl halides is 1. The number of rotatable bonds is 4. The minimum atomic E-state index is 0.577. The lowest BCUT2D eigenvalue weighted by Crippen LogP contribution is -2.08. The quantitative estimate of drug-likeness (QED) is 0.473. The Balaban J connectivity index is 1.88. The van der Waals surface area contributed by atoms with Crippen LogP contribution in [0.3, 0.4) is 0 Å². The second kappa shape index (κ2) is 5.46. The van der Waals surface area contributed by atoms with Crippen LogP contribution in [-0.4, -0.2) is 5.33 Å². The number of halogens is 1. The van der Waals surface area contributed by atoms with Crippen LogP contribution in [0.25, 0.3) is 16.3 Å². The number of benzene rings is 2. The van der Waals surface area contributed by atoms with Crippen molar-refractivity contribution in [3.8, 4) is 0 Å². The molecule has 2 aromatic carbocycles. The standard InChI is InChI=1S/C20H19Br/c21-12-2-1-5-16-13-17-8-3-6-14-10-11-15-7-4-9-18(16)20(15)19(14)17/h3-4,7-11,13,16H,1-2,5-6,12H2. The highest BCUT2D eigenvalue weighted by Gasteiger charge is 2.24. The van der Waals surface area contributed by atoms with E-state index in [1.807, 2.05) is 0 Å². The fourth-order valence-corrected chi connectivity index (χ4v) is 4.20. The number of allylic oxidation sites excluding steroid dienone is 4. The van der Waals surface area contributed by atoms with Gasteiger partial charge in [-0.05, 0) is 52.3 Å². The third-order valence-corrected chi connectivity index (χ3v) is 5.33. The van der Waals surface area contributed by atoms with Crippen molar-refractivity contribution in [2.45, 2.75) is 31.6 Å². The molecule has 0 saturated carbocycles. The van der Waals surface area contributed by atoms with E-state index < -0.39 is 0 Å². The SMILES string of the molecule is BrCCCCC1C=C2C=CCc3ccc4cccc1c4c32. The monoisotopic (exact) mass is 338 g/mol. The first-order chi connectivity index (χ1) is 10.4. The van der Waals surface area contributed by atoms with Gasteiger partial charge in [0, 0.05) is 11.2 Å². The van der Waals surface area contributed by atoms with Gasteiger partial charge in [-0.15, -0.1) is 0 Å². The first-order valence-corrected chi connectivity index (χ1v) is 9.00. The molecule has 0 aliphatic heterocycles. The van der Waals surface area contributed by atoms with Crippen molar-refractivity contribution in [3.05, 3.63) is 65.3 Å². The molecule has 106 valence electrons. The molecule has 0 bridgehead atoms. The predicted molar refractivity (Wildman–Crippen MR) is 95.2 cm³/mol. The summed E-state index contributed by atoms with van der Waals surface area (Å²) in [7, 11) is 0. The normalized spacial score (nSPS) is 18.9. The molecule has 0 aromatic heterocycles. The van der Waals surface area contributed by atoms with Crippen LogP contribution in [0.15, 0.2) is 48.6 Å². The Labute approximate surface area is 134 Å². The Morgan fingerprint density at radius 3 is 2.95 bits per heavy atom. The lowest BCUT2D eigenvalue weighted by molar-refractivity contribution is 0.670. The maximum Gasteiger partial charge on any atom is 0.00335 e. The molecule has 1 heteroatoms. The van der Waals surface area contributed by atoms with Crippen LogP contribution in [0, 0.1) is 0 Å². The topological polar surface area (TPSA) is 0 Å². The van der Waals surface area contributed by atoms with Crippen LogP contribution < -0.4 is 0 Å². The molecule has 0 nitrogen and oxygen atoms in total. The van der Waals surface area contributed by atoms with Crippen molar-refractivity contribution in [2.75, 3.05) is 5.33 Å². The van der Waals surface area contributed by atoms with Crippen molar-refractivity contribution in [1.29, 1.82) is 0 Å². The lowest BCUT2D eigenvalue weighted by Gasteiger charge is -2.28. The Morgan fingerprint density at radius 2 is 2.05 bits per heavy atom. The van der Waals surface area contributed by atoms with Crippen molar-refractivity contribution < 1.29 is 0 Å². The third-order valence-electron chi connectivity index (χ3n) is 4.77. The molecule has 0 radical (unpaired) electrons. The molecule has 0 saturated heterocycles. The minimum Gasteiger partial charge on any atom is -0.0928 e. The fourth-order valence-electron chi connectivity index (χ4n) is 3.80. The molecule has 2 aromatic rings. The van der Waals surface area contributed by atoms with E-state index in [2.05, 4.69) is 64.5 Å². The van der Waals surface area contributed by atoms with Gasteiger partial charge in [-0.1, -0.05) is 70.9 Å². The zero-order valence-electron chi connectivity index (χ0n) is 12.1. The maximum absolute atomic E-state index is 3.55. The Bertz CT molecular complexity index is 752. The summed E-state index contributed by atoms with van der Waals surface area (Å²) >= 11 is 3.55. The molecular formula is C20H19Br. The van der Waals surface area contributed by atoms with Gasteiger partial charge in [0.25, 0.3) is 0 Å². The summed E-state index contributed by atoms with van der Waals surface area (Å²) < 4.78 is 0. The van der Waals surface area contributed by atoms with Crippen molar-refractivity contribution in [1.82, 2.24) is 0 Å². The van der Waals surface area contributed by atoms with E-state index in [1.165, 1.54) is 52.3 Å². The third kappa shape index (κ3) is 2.19. The summed E-state index contributed by atoms with van der Waals surface area (Å²) in [5.41, 5.74) is 5.98. The molecule has 2 aliphatic rings. The van der Waals surface area contributed by atoms with Crippen molar-refractivity contribution in [3.63, 3.8) is 0 Å². The second-order valence-electron chi connectivity index (χ2n) is 6.06. The highest BCUT2D eigenvalue weighted by Crippen LogP contribution is 2.44. The summed E-state index contributed by atoms with van der Waals surface area (Å²) in [6.07, 6.45) is 12.0. The molecule has 1 unspecified atom stereocenters. The van der Waals surface area contributed by atoms with Gasteiger partial charge in [-0.2, -0.15) is 0 Å². The van der Waals surface area contributed by atoms with Gasteiger partial charge in [-0.3, -0.25) is 0 Å². The number of hydrogen-bond acceptors (Lipinski definition) is 0. The van der Waals surface area contributed by atoms with Gasteiger partial charge in [0.05, 0.1) is 0 Å². The largest absolute Gasteiger partial charge is 0.0928 e. The van der Waals surface area contributed by atoms with Gasteiger partial charge in [0.1, 0.15) is 0 Å². The van der Waals surface area contributed by atoms with Gasteiger partial charge in [-0.25, -0.2) is 0 Å². The summed E-state index contributed by atoms with van der Waals surface area (Å²) in [5, 5.41) is 4.03. The van der Waals surface area contributed by atoms with Gasteiger partial charge < -0.3 is 0 Å². The predicted octanol–water partition coefficient (Wildman–Crippen LogP) is 6.00. The molecule has 21 heavy (non-hydrogen) atoms. The summed E-state index contributed by atoms with van der Waals surface area (Å²) in [6, 6.07) is 11.4. The molecule has 0 N–H and O–H groups in total. The van der Waals surface area contributed by atoms with Crippen molar-refractivity contribution in [2.24, 2.45) is 0 Å². The van der Waals surface area contributed by atoms with Crippen LogP contribution >= 0.6 is 15.9 Å². The van der Waals surface area contributed by atoms with Gasteiger partial charge in [0.2, 0.25) is 0 Å². The lowest BCUT2D eigenvalue weighted by atomic mass is 9.76. The van der Waals surface area contributed by atoms with Crippen LogP contribution in [0.1, 0.15) is 41.9 Å². The first-order valence-electron chi connectivity index (χ1n) is 7.87. The van der Waals surface area contributed by atoms with E-state index in [4.69, 9.17) is 0 Å². The highest BCUT2D eigenvalue weighted by molar-refractivity contribution is 9.09. The van der Waals surface area contributed by atoms with E-state index in [0.29, 0.717) is 5.92 Å². The van der Waals surface area contributed by atoms with E-state index in [-0.39, 0.29) is 0 Å². The highest BCUT2D eigenvalue weighted by atomic mass is 79.9. The van der Waals surface area contributed by atoms with E-state index in [9.17, 15) is 0 Å². The minimum absolute atomic E-state index is 0.577. The molecule has 4 rings (SSSR count). The molecule has 0 fully saturated rings.